The molecule has 0 aromatic carbocycles. The van der Waals surface area contributed by atoms with Gasteiger partial charge in [0.05, 0.1) is 6.61 Å². The number of carbonyl (C=O) groups is 1. The highest BCUT2D eigenvalue weighted by Crippen LogP contribution is 2.18. The normalized spacial score (nSPS) is 11.8. The van der Waals surface area contributed by atoms with E-state index in [1.165, 1.54) is 4.68 Å². The zero-order chi connectivity index (χ0) is 13.2. The van der Waals surface area contributed by atoms with Crippen molar-refractivity contribution < 1.29 is 17.9 Å². The fraction of sp³-hybridized carbons (Fsp3) is 0.556. The van der Waals surface area contributed by atoms with Crippen molar-refractivity contribution in [3.05, 3.63) is 11.8 Å². The monoisotopic (exact) mass is 280 g/mol. The fourth-order valence-electron chi connectivity index (χ4n) is 1.24. The summed E-state index contributed by atoms with van der Waals surface area (Å²) in [4.78, 5) is 11.6. The maximum Gasteiger partial charge on any atom is 0.356 e. The standard InChI is InChI=1S/C9H13ClN2O4S/c1-4-16-9(13)7-5-8(17(10,14)15)11-12(7)6(2)3/h5-6H,4H2,1-3H3. The van der Waals surface area contributed by atoms with Gasteiger partial charge in [0, 0.05) is 22.8 Å². The molecule has 0 fully saturated rings. The summed E-state index contributed by atoms with van der Waals surface area (Å²) in [6, 6.07) is 0.932. The molecule has 0 radical (unpaired) electrons. The SMILES string of the molecule is CCOC(=O)c1cc(S(=O)(=O)Cl)nn1C(C)C. The molecular formula is C9H13ClN2O4S. The molecule has 1 aromatic rings. The van der Waals surface area contributed by atoms with Crippen molar-refractivity contribution in [1.82, 2.24) is 9.78 Å². The van der Waals surface area contributed by atoms with Gasteiger partial charge in [-0.3, -0.25) is 4.68 Å². The summed E-state index contributed by atoms with van der Waals surface area (Å²) in [5.41, 5.74) is 0.0704. The molecular weight excluding hydrogens is 268 g/mol. The zero-order valence-corrected chi connectivity index (χ0v) is 11.2. The Kier molecular flexibility index (Phi) is 4.16. The van der Waals surface area contributed by atoms with Crippen LogP contribution in [0, 0.1) is 0 Å². The van der Waals surface area contributed by atoms with E-state index in [9.17, 15) is 13.2 Å². The smallest absolute Gasteiger partial charge is 0.356 e. The molecule has 1 rings (SSSR count). The van der Waals surface area contributed by atoms with E-state index >= 15 is 0 Å². The largest absolute Gasteiger partial charge is 0.461 e. The number of ether oxygens (including phenoxy) is 1. The molecule has 1 heterocycles. The lowest BCUT2D eigenvalue weighted by Gasteiger charge is -2.09. The van der Waals surface area contributed by atoms with Crippen LogP contribution in [0.5, 0.6) is 0 Å². The quantitative estimate of drug-likeness (QED) is 0.618. The van der Waals surface area contributed by atoms with Gasteiger partial charge in [0.25, 0.3) is 9.05 Å². The Morgan fingerprint density at radius 1 is 1.59 bits per heavy atom. The van der Waals surface area contributed by atoms with E-state index in [0.717, 1.165) is 6.07 Å². The van der Waals surface area contributed by atoms with Crippen molar-refractivity contribution >= 4 is 25.7 Å². The second-order valence-electron chi connectivity index (χ2n) is 3.56. The molecule has 0 aliphatic rings. The van der Waals surface area contributed by atoms with Crippen LogP contribution in [0.2, 0.25) is 0 Å². The van der Waals surface area contributed by atoms with E-state index in [4.69, 9.17) is 15.4 Å². The zero-order valence-electron chi connectivity index (χ0n) is 9.68. The molecule has 17 heavy (non-hydrogen) atoms. The number of hydrogen-bond donors (Lipinski definition) is 0. The summed E-state index contributed by atoms with van der Waals surface area (Å²) in [7, 11) is 1.22. The van der Waals surface area contributed by atoms with Gasteiger partial charge in [-0.1, -0.05) is 0 Å². The van der Waals surface area contributed by atoms with Gasteiger partial charge >= 0.3 is 5.97 Å². The van der Waals surface area contributed by atoms with Gasteiger partial charge in [-0.25, -0.2) is 13.2 Å². The number of hydrogen-bond acceptors (Lipinski definition) is 5. The lowest BCUT2D eigenvalue weighted by Crippen LogP contribution is -2.14. The molecule has 0 saturated heterocycles. The number of nitrogens with zero attached hydrogens (tertiary/aromatic N) is 2. The molecule has 0 bridgehead atoms. The molecule has 0 saturated carbocycles. The van der Waals surface area contributed by atoms with Gasteiger partial charge in [0.1, 0.15) is 5.69 Å². The number of aromatic nitrogens is 2. The lowest BCUT2D eigenvalue weighted by atomic mass is 10.3. The molecule has 8 heteroatoms. The maximum absolute atomic E-state index is 11.6. The molecule has 0 spiro atoms. The van der Waals surface area contributed by atoms with E-state index < -0.39 is 15.0 Å². The van der Waals surface area contributed by atoms with E-state index in [0.29, 0.717) is 0 Å². The van der Waals surface area contributed by atoms with Crippen LogP contribution >= 0.6 is 10.7 Å². The first kappa shape index (κ1) is 14.0. The molecule has 0 aliphatic heterocycles. The first-order chi connectivity index (χ1) is 7.77. The first-order valence-electron chi connectivity index (χ1n) is 4.98. The van der Waals surface area contributed by atoms with Gasteiger partial charge in [0.15, 0.2) is 5.03 Å². The van der Waals surface area contributed by atoms with Crippen LogP contribution in [-0.4, -0.2) is 30.8 Å². The second-order valence-corrected chi connectivity index (χ2v) is 6.08. The third-order valence-electron chi connectivity index (χ3n) is 1.94. The van der Waals surface area contributed by atoms with E-state index in [1.807, 2.05) is 0 Å². The Labute approximate surface area is 104 Å². The number of carbonyl (C=O) groups excluding carboxylic acids is 1. The predicted octanol–water partition coefficient (Wildman–Crippen LogP) is 1.57. The molecule has 0 amide bonds. The number of esters is 1. The minimum absolute atomic E-state index is 0.0704. The molecule has 1 aromatic heterocycles. The minimum Gasteiger partial charge on any atom is -0.461 e. The Bertz CT molecular complexity index is 521. The third-order valence-corrected chi connectivity index (χ3v) is 3.11. The second kappa shape index (κ2) is 5.05. The highest BCUT2D eigenvalue weighted by Gasteiger charge is 2.23. The van der Waals surface area contributed by atoms with E-state index in [2.05, 4.69) is 5.10 Å². The summed E-state index contributed by atoms with van der Waals surface area (Å²) in [5.74, 6) is -0.625. The molecule has 0 atom stereocenters. The van der Waals surface area contributed by atoms with Crippen molar-refractivity contribution in [2.45, 2.75) is 31.8 Å². The highest BCUT2D eigenvalue weighted by atomic mass is 35.7. The van der Waals surface area contributed by atoms with Crippen LogP contribution in [0.3, 0.4) is 0 Å². The topological polar surface area (TPSA) is 78.3 Å². The third kappa shape index (κ3) is 3.19. The van der Waals surface area contributed by atoms with Crippen LogP contribution < -0.4 is 0 Å². The van der Waals surface area contributed by atoms with Crippen LogP contribution in [0.25, 0.3) is 0 Å². The van der Waals surface area contributed by atoms with Gasteiger partial charge in [0.2, 0.25) is 0 Å². The minimum atomic E-state index is -3.95. The van der Waals surface area contributed by atoms with Crippen LogP contribution in [0.4, 0.5) is 0 Å². The molecule has 0 unspecified atom stereocenters. The maximum atomic E-state index is 11.6. The van der Waals surface area contributed by atoms with E-state index in [1.54, 1.807) is 20.8 Å². The molecule has 0 N–H and O–H groups in total. The van der Waals surface area contributed by atoms with E-state index in [-0.39, 0.29) is 23.4 Å². The van der Waals surface area contributed by atoms with Crippen molar-refractivity contribution in [1.29, 1.82) is 0 Å². The molecule has 96 valence electrons. The van der Waals surface area contributed by atoms with Crippen molar-refractivity contribution in [3.8, 4) is 0 Å². The van der Waals surface area contributed by atoms with Gasteiger partial charge in [-0.2, -0.15) is 5.10 Å². The highest BCUT2D eigenvalue weighted by molar-refractivity contribution is 8.13. The first-order valence-corrected chi connectivity index (χ1v) is 7.29. The predicted molar refractivity (Wildman–Crippen MR) is 61.6 cm³/mol. The van der Waals surface area contributed by atoms with Crippen LogP contribution in [0.1, 0.15) is 37.3 Å². The average Bonchev–Trinajstić information content (AvgIpc) is 2.61. The average molecular weight is 281 g/mol. The summed E-state index contributed by atoms with van der Waals surface area (Å²) >= 11 is 0. The van der Waals surface area contributed by atoms with Crippen LogP contribution in [-0.2, 0) is 13.8 Å². The lowest BCUT2D eigenvalue weighted by molar-refractivity contribution is 0.0510. The number of rotatable bonds is 4. The Balaban J connectivity index is 3.29. The summed E-state index contributed by atoms with van der Waals surface area (Å²) in [5, 5.41) is 3.43. The van der Waals surface area contributed by atoms with Crippen molar-refractivity contribution in [2.24, 2.45) is 0 Å². The van der Waals surface area contributed by atoms with Crippen LogP contribution in [0.15, 0.2) is 11.1 Å². The number of halogens is 1. The van der Waals surface area contributed by atoms with Gasteiger partial charge < -0.3 is 4.74 Å². The molecule has 0 aliphatic carbocycles. The summed E-state index contributed by atoms with van der Waals surface area (Å²) in [6.07, 6.45) is 0. The van der Waals surface area contributed by atoms with Gasteiger partial charge in [-0.05, 0) is 20.8 Å². The Morgan fingerprint density at radius 3 is 2.59 bits per heavy atom. The fourth-order valence-corrected chi connectivity index (χ4v) is 1.91. The van der Waals surface area contributed by atoms with Crippen molar-refractivity contribution in [2.75, 3.05) is 6.61 Å². The Morgan fingerprint density at radius 2 is 2.18 bits per heavy atom. The summed E-state index contributed by atoms with van der Waals surface area (Å²) in [6.45, 7) is 5.39. The summed E-state index contributed by atoms with van der Waals surface area (Å²) < 4.78 is 28.4. The van der Waals surface area contributed by atoms with Crippen molar-refractivity contribution in [3.63, 3.8) is 0 Å². The molecule has 6 nitrogen and oxygen atoms in total. The Hall–Kier alpha value is -1.08. The van der Waals surface area contributed by atoms with Gasteiger partial charge in [-0.15, -0.1) is 0 Å².